The molecule has 1 aliphatic carbocycles. The summed E-state index contributed by atoms with van der Waals surface area (Å²) in [6, 6.07) is 0. The second-order valence-electron chi connectivity index (χ2n) is 6.71. The molecule has 3 N–H and O–H groups in total. The maximum Gasteiger partial charge on any atom is 0.220 e. The summed E-state index contributed by atoms with van der Waals surface area (Å²) < 4.78 is 10.9. The Morgan fingerprint density at radius 1 is 0.963 bits per heavy atom. The van der Waals surface area contributed by atoms with Crippen LogP contribution in [0.5, 0.6) is 0 Å². The lowest BCUT2D eigenvalue weighted by Crippen LogP contribution is -2.42. The van der Waals surface area contributed by atoms with Crippen LogP contribution in [-0.4, -0.2) is 65.0 Å². The van der Waals surface area contributed by atoms with Crippen LogP contribution >= 0.6 is 24.0 Å². The van der Waals surface area contributed by atoms with E-state index in [2.05, 4.69) is 27.9 Å². The van der Waals surface area contributed by atoms with Crippen molar-refractivity contribution in [3.05, 3.63) is 0 Å². The minimum atomic E-state index is 0. The van der Waals surface area contributed by atoms with Crippen LogP contribution in [0.1, 0.15) is 51.9 Å². The minimum Gasteiger partial charge on any atom is -0.379 e. The zero-order chi connectivity index (χ0) is 18.9. The minimum absolute atomic E-state index is 0. The van der Waals surface area contributed by atoms with E-state index in [0.717, 1.165) is 25.4 Å². The molecule has 0 radical (unpaired) electrons. The molecular formula is C19H39IN4O3. The molecule has 0 aromatic carbocycles. The van der Waals surface area contributed by atoms with Crippen LogP contribution in [0.25, 0.3) is 0 Å². The molecule has 1 aliphatic rings. The molecule has 1 rings (SSSR count). The number of nitrogens with one attached hydrogen (secondary N) is 3. The Labute approximate surface area is 181 Å². The summed E-state index contributed by atoms with van der Waals surface area (Å²) >= 11 is 0. The van der Waals surface area contributed by atoms with Gasteiger partial charge in [0, 0.05) is 39.7 Å². The SMILES string of the molecule is CCCCOCCOCCNC(=NC)NCCNC(=O)CC1CCCC1.I. The number of ether oxygens (including phenoxy) is 2. The third kappa shape index (κ3) is 15.0. The number of nitrogens with zero attached hydrogens (tertiary/aromatic N) is 1. The molecule has 0 aliphatic heterocycles. The number of rotatable bonds is 14. The highest BCUT2D eigenvalue weighted by atomic mass is 127. The van der Waals surface area contributed by atoms with E-state index in [1.807, 2.05) is 0 Å². The number of aliphatic imine (C=N–C) groups is 1. The number of carbonyl (C=O) groups excluding carboxylic acids is 1. The van der Waals surface area contributed by atoms with E-state index in [9.17, 15) is 4.79 Å². The molecule has 0 spiro atoms. The summed E-state index contributed by atoms with van der Waals surface area (Å²) in [7, 11) is 1.73. The van der Waals surface area contributed by atoms with Crippen LogP contribution in [0.4, 0.5) is 0 Å². The highest BCUT2D eigenvalue weighted by Crippen LogP contribution is 2.27. The Hall–Kier alpha value is -0.610. The highest BCUT2D eigenvalue weighted by molar-refractivity contribution is 14.0. The first kappa shape index (κ1) is 26.4. The van der Waals surface area contributed by atoms with Gasteiger partial charge in [0.05, 0.1) is 19.8 Å². The zero-order valence-corrected chi connectivity index (χ0v) is 19.4. The lowest BCUT2D eigenvalue weighted by atomic mass is 10.0. The Balaban J connectivity index is 0.00000676. The molecule has 7 nitrogen and oxygen atoms in total. The fourth-order valence-electron chi connectivity index (χ4n) is 2.96. The number of hydrogen-bond donors (Lipinski definition) is 3. The molecule has 1 fully saturated rings. The summed E-state index contributed by atoms with van der Waals surface area (Å²) in [6.07, 6.45) is 7.89. The van der Waals surface area contributed by atoms with Gasteiger partial charge in [-0.1, -0.05) is 26.2 Å². The molecule has 1 amide bonds. The first-order chi connectivity index (χ1) is 12.8. The van der Waals surface area contributed by atoms with Gasteiger partial charge in [0.2, 0.25) is 5.91 Å². The number of unbranched alkanes of at least 4 members (excludes halogenated alkanes) is 1. The summed E-state index contributed by atoms with van der Waals surface area (Å²) in [6.45, 7) is 6.78. The predicted molar refractivity (Wildman–Crippen MR) is 121 cm³/mol. The predicted octanol–water partition coefficient (Wildman–Crippen LogP) is 2.30. The fourth-order valence-corrected chi connectivity index (χ4v) is 2.96. The molecule has 1 saturated carbocycles. The van der Waals surface area contributed by atoms with Crippen LogP contribution in [-0.2, 0) is 14.3 Å². The van der Waals surface area contributed by atoms with Crippen molar-refractivity contribution in [3.63, 3.8) is 0 Å². The van der Waals surface area contributed by atoms with Gasteiger partial charge in [0.25, 0.3) is 0 Å². The van der Waals surface area contributed by atoms with E-state index in [1.54, 1.807) is 7.05 Å². The van der Waals surface area contributed by atoms with E-state index < -0.39 is 0 Å². The van der Waals surface area contributed by atoms with E-state index in [4.69, 9.17) is 9.47 Å². The summed E-state index contributed by atoms with van der Waals surface area (Å²) in [5.74, 6) is 1.48. The van der Waals surface area contributed by atoms with E-state index >= 15 is 0 Å². The van der Waals surface area contributed by atoms with E-state index in [1.165, 1.54) is 25.7 Å². The monoisotopic (exact) mass is 498 g/mol. The molecule has 27 heavy (non-hydrogen) atoms. The molecule has 0 heterocycles. The van der Waals surface area contributed by atoms with Crippen LogP contribution < -0.4 is 16.0 Å². The van der Waals surface area contributed by atoms with E-state index in [0.29, 0.717) is 51.8 Å². The van der Waals surface area contributed by atoms with Crippen LogP contribution in [0.3, 0.4) is 0 Å². The lowest BCUT2D eigenvalue weighted by molar-refractivity contribution is -0.121. The number of amides is 1. The largest absolute Gasteiger partial charge is 0.379 e. The smallest absolute Gasteiger partial charge is 0.220 e. The number of halogens is 1. The van der Waals surface area contributed by atoms with Crippen molar-refractivity contribution in [2.24, 2.45) is 10.9 Å². The average Bonchev–Trinajstić information content (AvgIpc) is 3.15. The van der Waals surface area contributed by atoms with Gasteiger partial charge in [-0.3, -0.25) is 9.79 Å². The molecule has 0 bridgehead atoms. The van der Waals surface area contributed by atoms with Gasteiger partial charge in [0.15, 0.2) is 5.96 Å². The van der Waals surface area contributed by atoms with Gasteiger partial charge >= 0.3 is 0 Å². The molecule has 160 valence electrons. The van der Waals surface area contributed by atoms with Gasteiger partial charge < -0.3 is 25.4 Å². The van der Waals surface area contributed by atoms with Gasteiger partial charge in [-0.05, 0) is 25.2 Å². The Morgan fingerprint density at radius 2 is 1.59 bits per heavy atom. The van der Waals surface area contributed by atoms with Crippen LogP contribution in [0, 0.1) is 5.92 Å². The topological polar surface area (TPSA) is 84.0 Å². The summed E-state index contributed by atoms with van der Waals surface area (Å²) in [4.78, 5) is 16.0. The maximum atomic E-state index is 11.9. The first-order valence-electron chi connectivity index (χ1n) is 10.1. The second-order valence-corrected chi connectivity index (χ2v) is 6.71. The lowest BCUT2D eigenvalue weighted by Gasteiger charge is -2.13. The summed E-state index contributed by atoms with van der Waals surface area (Å²) in [5.41, 5.74) is 0. The van der Waals surface area contributed by atoms with Gasteiger partial charge in [0.1, 0.15) is 0 Å². The normalized spacial score (nSPS) is 14.7. The molecule has 0 saturated heterocycles. The van der Waals surface area contributed by atoms with Crippen molar-refractivity contribution in [1.82, 2.24) is 16.0 Å². The number of guanidine groups is 1. The van der Waals surface area contributed by atoms with Crippen molar-refractivity contribution >= 4 is 35.8 Å². The quantitative estimate of drug-likeness (QED) is 0.148. The van der Waals surface area contributed by atoms with E-state index in [-0.39, 0.29) is 29.9 Å². The summed E-state index contributed by atoms with van der Waals surface area (Å²) in [5, 5.41) is 9.35. The van der Waals surface area contributed by atoms with Crippen molar-refractivity contribution in [2.75, 3.05) is 53.1 Å². The molecule has 0 aromatic heterocycles. The fraction of sp³-hybridized carbons (Fsp3) is 0.895. The van der Waals surface area contributed by atoms with Crippen molar-refractivity contribution in [3.8, 4) is 0 Å². The molecule has 8 heteroatoms. The van der Waals surface area contributed by atoms with Crippen molar-refractivity contribution in [1.29, 1.82) is 0 Å². The maximum absolute atomic E-state index is 11.9. The van der Waals surface area contributed by atoms with Crippen molar-refractivity contribution < 1.29 is 14.3 Å². The van der Waals surface area contributed by atoms with Crippen LogP contribution in [0.2, 0.25) is 0 Å². The standard InChI is InChI=1S/C19H38N4O3.HI/c1-3-4-12-25-14-15-26-13-11-23-19(20-2)22-10-9-21-18(24)16-17-7-5-6-8-17;/h17H,3-16H2,1-2H3,(H,21,24)(H2,20,22,23);1H. The number of carbonyl (C=O) groups is 1. The van der Waals surface area contributed by atoms with Crippen molar-refractivity contribution in [2.45, 2.75) is 51.9 Å². The average molecular weight is 498 g/mol. The Morgan fingerprint density at radius 3 is 2.26 bits per heavy atom. The molecule has 0 aromatic rings. The van der Waals surface area contributed by atoms with Gasteiger partial charge in [-0.2, -0.15) is 0 Å². The van der Waals surface area contributed by atoms with Gasteiger partial charge in [-0.15, -0.1) is 24.0 Å². The van der Waals surface area contributed by atoms with Crippen LogP contribution in [0.15, 0.2) is 4.99 Å². The first-order valence-corrected chi connectivity index (χ1v) is 10.1. The third-order valence-electron chi connectivity index (χ3n) is 4.47. The Bertz CT molecular complexity index is 391. The molecular weight excluding hydrogens is 459 g/mol. The molecule has 0 unspecified atom stereocenters. The number of hydrogen-bond acceptors (Lipinski definition) is 4. The molecule has 0 atom stereocenters. The third-order valence-corrected chi connectivity index (χ3v) is 4.47. The van der Waals surface area contributed by atoms with Gasteiger partial charge in [-0.25, -0.2) is 0 Å². The highest BCUT2D eigenvalue weighted by Gasteiger charge is 2.17. The second kappa shape index (κ2) is 18.7. The Kier molecular flexibility index (Phi) is 18.3. The zero-order valence-electron chi connectivity index (χ0n) is 17.1.